The van der Waals surface area contributed by atoms with Crippen LogP contribution in [-0.4, -0.2) is 49.4 Å². The maximum atomic E-state index is 12.6. The Balaban J connectivity index is 1.38. The van der Waals surface area contributed by atoms with Gasteiger partial charge in [0, 0.05) is 28.4 Å². The number of nitrogens with zero attached hydrogens (tertiary/aromatic N) is 2. The minimum Gasteiger partial charge on any atom is -0.493 e. The van der Waals surface area contributed by atoms with Crippen LogP contribution in [-0.2, 0) is 20.9 Å². The van der Waals surface area contributed by atoms with Gasteiger partial charge >= 0.3 is 12.0 Å². The third-order valence-corrected chi connectivity index (χ3v) is 6.79. The number of nitrogens with one attached hydrogen (secondary N) is 3. The van der Waals surface area contributed by atoms with Crippen LogP contribution in [0.1, 0.15) is 36.6 Å². The molecule has 3 amide bonds. The molecule has 3 N–H and O–H groups in total. The minimum absolute atomic E-state index is 0.0254. The van der Waals surface area contributed by atoms with Gasteiger partial charge in [0.25, 0.3) is 11.6 Å². The molecule has 240 valence electrons. The van der Waals surface area contributed by atoms with E-state index in [1.807, 2.05) is 0 Å². The molecule has 0 saturated carbocycles. The SMILES string of the molecule is CCOC(=O)C1=C(C)NC(=O)N[C@@H]1c1ccc(OCC(=O)N/N=C/c2cc(Cl)ccc2OCc2ccc([N+](=O)[O-])cc2)c(OC)c1. The number of hydrogen-bond donors (Lipinski definition) is 3. The minimum atomic E-state index is -0.803. The molecule has 46 heavy (non-hydrogen) atoms. The lowest BCUT2D eigenvalue weighted by molar-refractivity contribution is -0.384. The molecule has 0 spiro atoms. The van der Waals surface area contributed by atoms with Crippen molar-refractivity contribution in [1.29, 1.82) is 0 Å². The fourth-order valence-electron chi connectivity index (χ4n) is 4.38. The number of hydrogen-bond acceptors (Lipinski definition) is 10. The second-order valence-corrected chi connectivity index (χ2v) is 10.1. The molecule has 1 atom stereocenters. The number of allylic oxidation sites excluding steroid dienone is 1. The molecule has 14 nitrogen and oxygen atoms in total. The van der Waals surface area contributed by atoms with E-state index < -0.39 is 35.5 Å². The number of carbonyl (C=O) groups excluding carboxylic acids is 3. The van der Waals surface area contributed by atoms with Gasteiger partial charge in [-0.2, -0.15) is 5.10 Å². The largest absolute Gasteiger partial charge is 0.493 e. The summed E-state index contributed by atoms with van der Waals surface area (Å²) >= 11 is 6.13. The number of nitro groups is 1. The molecule has 1 heterocycles. The number of methoxy groups -OCH3 is 1. The van der Waals surface area contributed by atoms with E-state index in [4.69, 9.17) is 30.5 Å². The first-order chi connectivity index (χ1) is 22.1. The van der Waals surface area contributed by atoms with Crippen LogP contribution in [0.15, 0.2) is 77.0 Å². The number of urea groups is 1. The van der Waals surface area contributed by atoms with Crippen LogP contribution >= 0.6 is 11.6 Å². The van der Waals surface area contributed by atoms with E-state index in [-0.39, 0.29) is 36.0 Å². The van der Waals surface area contributed by atoms with Gasteiger partial charge in [0.1, 0.15) is 12.4 Å². The molecular weight excluding hydrogens is 622 g/mol. The van der Waals surface area contributed by atoms with E-state index in [0.717, 1.165) is 0 Å². The predicted molar refractivity (Wildman–Crippen MR) is 167 cm³/mol. The quantitative estimate of drug-likeness (QED) is 0.103. The Morgan fingerprint density at radius 1 is 1.07 bits per heavy atom. The Hall–Kier alpha value is -5.63. The van der Waals surface area contributed by atoms with E-state index in [2.05, 4.69) is 21.2 Å². The normalized spacial score (nSPS) is 14.3. The Kier molecular flexibility index (Phi) is 11.1. The van der Waals surface area contributed by atoms with E-state index in [0.29, 0.717) is 33.2 Å². The Morgan fingerprint density at radius 2 is 1.80 bits per heavy atom. The van der Waals surface area contributed by atoms with Crippen molar-refractivity contribution in [2.75, 3.05) is 20.3 Å². The highest BCUT2D eigenvalue weighted by Gasteiger charge is 2.32. The summed E-state index contributed by atoms with van der Waals surface area (Å²) in [6.45, 7) is 3.17. The molecule has 4 rings (SSSR count). The molecular formula is C31H30ClN5O9. The molecule has 0 unspecified atom stereocenters. The molecule has 0 fully saturated rings. The van der Waals surface area contributed by atoms with Gasteiger partial charge in [0.2, 0.25) is 0 Å². The molecule has 3 aromatic rings. The summed E-state index contributed by atoms with van der Waals surface area (Å²) < 4.78 is 22.1. The summed E-state index contributed by atoms with van der Waals surface area (Å²) in [6.07, 6.45) is 1.36. The number of carbonyl (C=O) groups is 3. The van der Waals surface area contributed by atoms with E-state index in [1.54, 1.807) is 62.4 Å². The summed E-state index contributed by atoms with van der Waals surface area (Å²) in [5.41, 5.74) is 4.67. The van der Waals surface area contributed by atoms with Gasteiger partial charge in [-0.3, -0.25) is 14.9 Å². The van der Waals surface area contributed by atoms with Crippen LogP contribution in [0.3, 0.4) is 0 Å². The Labute approximate surface area is 268 Å². The van der Waals surface area contributed by atoms with Gasteiger partial charge < -0.3 is 29.6 Å². The lowest BCUT2D eigenvalue weighted by atomic mass is 9.95. The third-order valence-electron chi connectivity index (χ3n) is 6.55. The zero-order valence-corrected chi connectivity index (χ0v) is 25.8. The number of amides is 3. The highest BCUT2D eigenvalue weighted by atomic mass is 35.5. The van der Waals surface area contributed by atoms with Crippen LogP contribution in [0, 0.1) is 10.1 Å². The Bertz CT molecular complexity index is 1690. The summed E-state index contributed by atoms with van der Waals surface area (Å²) in [4.78, 5) is 47.7. The molecule has 0 radical (unpaired) electrons. The molecule has 1 aliphatic rings. The van der Waals surface area contributed by atoms with E-state index in [1.165, 1.54) is 25.5 Å². The van der Waals surface area contributed by atoms with Gasteiger partial charge in [-0.15, -0.1) is 0 Å². The number of benzene rings is 3. The van der Waals surface area contributed by atoms with Crippen molar-refractivity contribution >= 4 is 41.4 Å². The van der Waals surface area contributed by atoms with Crippen molar-refractivity contribution < 1.29 is 38.3 Å². The monoisotopic (exact) mass is 651 g/mol. The first kappa shape index (κ1) is 33.3. The smallest absolute Gasteiger partial charge is 0.338 e. The number of hydrazone groups is 1. The summed E-state index contributed by atoms with van der Waals surface area (Å²) in [5, 5.41) is 20.5. The van der Waals surface area contributed by atoms with Gasteiger partial charge in [-0.1, -0.05) is 17.7 Å². The fraction of sp³-hybridized carbons (Fsp3) is 0.226. The first-order valence-corrected chi connectivity index (χ1v) is 14.2. The van der Waals surface area contributed by atoms with Crippen molar-refractivity contribution in [3.63, 3.8) is 0 Å². The van der Waals surface area contributed by atoms with Crippen molar-refractivity contribution in [2.24, 2.45) is 5.10 Å². The van der Waals surface area contributed by atoms with Crippen molar-refractivity contribution in [3.8, 4) is 17.2 Å². The maximum Gasteiger partial charge on any atom is 0.338 e. The fourth-order valence-corrected chi connectivity index (χ4v) is 4.56. The van der Waals surface area contributed by atoms with Crippen LogP contribution in [0.2, 0.25) is 5.02 Å². The highest BCUT2D eigenvalue weighted by molar-refractivity contribution is 6.30. The second-order valence-electron chi connectivity index (χ2n) is 9.68. The van der Waals surface area contributed by atoms with E-state index in [9.17, 15) is 24.5 Å². The third kappa shape index (κ3) is 8.51. The standard InChI is InChI=1S/C31H30ClN5O9/c1-4-44-30(39)28-18(2)34-31(40)35-29(28)20-7-11-25(26(14-20)43-3)46-17-27(38)36-33-15-21-13-22(32)8-12-24(21)45-16-19-5-9-23(10-6-19)37(41)42/h5-15,29H,4,16-17H2,1-3H3,(H,36,38)(H2,34,35,40)/b33-15+/t29-/m1/s1. The summed E-state index contributed by atoms with van der Waals surface area (Å²) in [5.74, 6) is -0.235. The van der Waals surface area contributed by atoms with Crippen LogP contribution in [0.5, 0.6) is 17.2 Å². The average molecular weight is 652 g/mol. The van der Waals surface area contributed by atoms with Crippen molar-refractivity contribution in [3.05, 3.63) is 104 Å². The van der Waals surface area contributed by atoms with Gasteiger partial charge in [0.05, 0.1) is 36.5 Å². The van der Waals surface area contributed by atoms with Gasteiger partial charge in [-0.25, -0.2) is 15.0 Å². The molecule has 1 aliphatic heterocycles. The molecule has 0 saturated heterocycles. The molecule has 0 aliphatic carbocycles. The lowest BCUT2D eigenvalue weighted by Gasteiger charge is -2.28. The second kappa shape index (κ2) is 15.4. The number of rotatable bonds is 13. The van der Waals surface area contributed by atoms with Gasteiger partial charge in [-0.05, 0) is 67.4 Å². The van der Waals surface area contributed by atoms with Crippen LogP contribution in [0.4, 0.5) is 10.5 Å². The zero-order valence-electron chi connectivity index (χ0n) is 25.0. The Morgan fingerprint density at radius 3 is 2.50 bits per heavy atom. The molecule has 3 aromatic carbocycles. The number of non-ortho nitro benzene ring substituents is 1. The molecule has 0 bridgehead atoms. The highest BCUT2D eigenvalue weighted by Crippen LogP contribution is 2.34. The van der Waals surface area contributed by atoms with Crippen LogP contribution in [0.25, 0.3) is 0 Å². The average Bonchev–Trinajstić information content (AvgIpc) is 3.03. The van der Waals surface area contributed by atoms with E-state index >= 15 is 0 Å². The maximum absolute atomic E-state index is 12.6. The number of ether oxygens (including phenoxy) is 4. The first-order valence-electron chi connectivity index (χ1n) is 13.8. The van der Waals surface area contributed by atoms with Gasteiger partial charge in [0.15, 0.2) is 18.1 Å². The zero-order chi connectivity index (χ0) is 33.2. The topological polar surface area (TPSA) is 180 Å². The van der Waals surface area contributed by atoms with Crippen molar-refractivity contribution in [1.82, 2.24) is 16.1 Å². The number of nitro benzene ring substituents is 1. The van der Waals surface area contributed by atoms with Crippen LogP contribution < -0.4 is 30.3 Å². The summed E-state index contributed by atoms with van der Waals surface area (Å²) in [6, 6.07) is 14.3. The molecule has 0 aromatic heterocycles. The lowest BCUT2D eigenvalue weighted by Crippen LogP contribution is -2.45. The number of esters is 1. The summed E-state index contributed by atoms with van der Waals surface area (Å²) in [7, 11) is 1.41. The van der Waals surface area contributed by atoms with Crippen molar-refractivity contribution in [2.45, 2.75) is 26.5 Å². The molecule has 15 heteroatoms. The predicted octanol–water partition coefficient (Wildman–Crippen LogP) is 4.56. The number of halogens is 1.